The second-order valence-corrected chi connectivity index (χ2v) is 10.5. The van der Waals surface area contributed by atoms with E-state index in [1.807, 2.05) is 54.6 Å². The van der Waals surface area contributed by atoms with Crippen molar-refractivity contribution in [2.45, 2.75) is 56.9 Å². The third-order valence-electron chi connectivity index (χ3n) is 7.86. The van der Waals surface area contributed by atoms with Crippen LogP contribution in [0.4, 0.5) is 4.79 Å². The molecule has 40 heavy (non-hydrogen) atoms. The Balaban J connectivity index is 1.10. The van der Waals surface area contributed by atoms with Crippen molar-refractivity contribution in [2.75, 3.05) is 6.61 Å². The zero-order chi connectivity index (χ0) is 28.1. The van der Waals surface area contributed by atoms with Gasteiger partial charge in [0, 0.05) is 17.9 Å². The average Bonchev–Trinajstić information content (AvgIpc) is 3.56. The lowest BCUT2D eigenvalue weighted by Gasteiger charge is -2.23. The summed E-state index contributed by atoms with van der Waals surface area (Å²) < 4.78 is 11.4. The van der Waals surface area contributed by atoms with Crippen molar-refractivity contribution in [3.63, 3.8) is 0 Å². The molecule has 2 aliphatic carbocycles. The molecule has 2 aliphatic rings. The van der Waals surface area contributed by atoms with E-state index in [9.17, 15) is 19.5 Å². The van der Waals surface area contributed by atoms with Crippen LogP contribution in [0.3, 0.4) is 0 Å². The highest BCUT2D eigenvalue weighted by molar-refractivity contribution is 5.85. The van der Waals surface area contributed by atoms with Crippen LogP contribution in [0.2, 0.25) is 0 Å². The Morgan fingerprint density at radius 2 is 1.52 bits per heavy atom. The van der Waals surface area contributed by atoms with Gasteiger partial charge in [-0.1, -0.05) is 78.9 Å². The van der Waals surface area contributed by atoms with Crippen LogP contribution in [-0.4, -0.2) is 47.9 Å². The van der Waals surface area contributed by atoms with E-state index in [2.05, 4.69) is 34.9 Å². The van der Waals surface area contributed by atoms with Crippen molar-refractivity contribution in [3.05, 3.63) is 95.6 Å². The first kappa shape index (κ1) is 27.4. The standard InChI is InChI=1S/C32H34N2O6/c1-20(39-18-21-9-3-2-4-10-21)29(31(36)37)34-30(35)22-15-16-23(17-22)33-32(38)40-19-28-26-13-7-5-11-24(26)25-12-6-8-14-27(25)28/h2-14,20,22-23,28-29H,15-19H2,1H3,(H,33,38)(H,34,35)(H,36,37)/t20-,22?,23?,29+/m0/s1. The normalized spacial score (nSPS) is 19.2. The molecule has 0 saturated heterocycles. The molecule has 1 saturated carbocycles. The minimum Gasteiger partial charge on any atom is -0.480 e. The Morgan fingerprint density at radius 1 is 0.900 bits per heavy atom. The monoisotopic (exact) mass is 542 g/mol. The van der Waals surface area contributed by atoms with E-state index in [0.717, 1.165) is 27.8 Å². The molecule has 8 nitrogen and oxygen atoms in total. The molecule has 0 aliphatic heterocycles. The van der Waals surface area contributed by atoms with Crippen molar-refractivity contribution in [2.24, 2.45) is 5.92 Å². The van der Waals surface area contributed by atoms with Gasteiger partial charge in [0.05, 0.1) is 12.7 Å². The summed E-state index contributed by atoms with van der Waals surface area (Å²) in [5.41, 5.74) is 5.53. The number of nitrogens with one attached hydrogen (secondary N) is 2. The molecule has 1 fully saturated rings. The van der Waals surface area contributed by atoms with Gasteiger partial charge in [-0.15, -0.1) is 0 Å². The molecule has 0 heterocycles. The van der Waals surface area contributed by atoms with Crippen molar-refractivity contribution in [3.8, 4) is 11.1 Å². The summed E-state index contributed by atoms with van der Waals surface area (Å²) in [6.07, 6.45) is 0.338. The molecule has 0 spiro atoms. The molecule has 3 aromatic rings. The molecule has 3 aromatic carbocycles. The molecule has 2 unspecified atom stereocenters. The van der Waals surface area contributed by atoms with E-state index in [4.69, 9.17) is 9.47 Å². The van der Waals surface area contributed by atoms with E-state index < -0.39 is 30.1 Å². The first-order chi connectivity index (χ1) is 19.4. The number of carboxylic acid groups (broad SMARTS) is 1. The maximum absolute atomic E-state index is 12.9. The van der Waals surface area contributed by atoms with Crippen molar-refractivity contribution >= 4 is 18.0 Å². The number of rotatable bonds is 10. The van der Waals surface area contributed by atoms with E-state index in [-0.39, 0.29) is 31.1 Å². The van der Waals surface area contributed by atoms with Gasteiger partial charge in [0.15, 0.2) is 6.04 Å². The third kappa shape index (κ3) is 6.18. The minimum atomic E-state index is -1.18. The summed E-state index contributed by atoms with van der Waals surface area (Å²) in [4.78, 5) is 37.5. The predicted molar refractivity (Wildman–Crippen MR) is 150 cm³/mol. The van der Waals surface area contributed by atoms with Crippen LogP contribution in [0.25, 0.3) is 11.1 Å². The number of benzene rings is 3. The molecule has 8 heteroatoms. The molecule has 208 valence electrons. The van der Waals surface area contributed by atoms with E-state index in [1.165, 1.54) is 0 Å². The van der Waals surface area contributed by atoms with E-state index in [0.29, 0.717) is 19.3 Å². The van der Waals surface area contributed by atoms with Gasteiger partial charge in [0.2, 0.25) is 5.91 Å². The number of amides is 2. The minimum absolute atomic E-state index is 0.0284. The molecule has 5 rings (SSSR count). The van der Waals surface area contributed by atoms with Crippen LogP contribution >= 0.6 is 0 Å². The molecule has 2 amide bonds. The Morgan fingerprint density at radius 3 is 2.17 bits per heavy atom. The summed E-state index contributed by atoms with van der Waals surface area (Å²) in [7, 11) is 0. The van der Waals surface area contributed by atoms with Crippen LogP contribution < -0.4 is 10.6 Å². The van der Waals surface area contributed by atoms with Crippen LogP contribution in [0.15, 0.2) is 78.9 Å². The number of ether oxygens (including phenoxy) is 2. The lowest BCUT2D eigenvalue weighted by atomic mass is 9.98. The van der Waals surface area contributed by atoms with Crippen molar-refractivity contribution < 1.29 is 29.0 Å². The molecule has 4 atom stereocenters. The maximum Gasteiger partial charge on any atom is 0.407 e. The zero-order valence-corrected chi connectivity index (χ0v) is 22.4. The number of alkyl carbamates (subject to hydrolysis) is 1. The van der Waals surface area contributed by atoms with Gasteiger partial charge in [-0.3, -0.25) is 4.79 Å². The lowest BCUT2D eigenvalue weighted by molar-refractivity contribution is -0.147. The van der Waals surface area contributed by atoms with Gasteiger partial charge < -0.3 is 25.2 Å². The molecular weight excluding hydrogens is 508 g/mol. The Labute approximate surface area is 233 Å². The van der Waals surface area contributed by atoms with Gasteiger partial charge in [-0.05, 0) is 54.0 Å². The number of carboxylic acids is 1. The SMILES string of the molecule is C[C@H](OCc1ccccc1)[C@@H](NC(=O)C1CCC(NC(=O)OCC2c3ccccc3-c3ccccc32)C1)C(=O)O. The highest BCUT2D eigenvalue weighted by Crippen LogP contribution is 2.44. The number of aliphatic carboxylic acids is 1. The van der Waals surface area contributed by atoms with E-state index in [1.54, 1.807) is 6.92 Å². The fourth-order valence-electron chi connectivity index (χ4n) is 5.71. The topological polar surface area (TPSA) is 114 Å². The second kappa shape index (κ2) is 12.3. The first-order valence-corrected chi connectivity index (χ1v) is 13.7. The van der Waals surface area contributed by atoms with Crippen LogP contribution in [0.1, 0.15) is 48.8 Å². The quantitative estimate of drug-likeness (QED) is 0.337. The van der Waals surface area contributed by atoms with Crippen molar-refractivity contribution in [1.82, 2.24) is 10.6 Å². The molecule has 0 radical (unpaired) electrons. The van der Waals surface area contributed by atoms with Crippen molar-refractivity contribution in [1.29, 1.82) is 0 Å². The Hall–Kier alpha value is -4.17. The smallest absolute Gasteiger partial charge is 0.407 e. The van der Waals surface area contributed by atoms with E-state index >= 15 is 0 Å². The van der Waals surface area contributed by atoms with Gasteiger partial charge in [0.25, 0.3) is 0 Å². The maximum atomic E-state index is 12.9. The first-order valence-electron chi connectivity index (χ1n) is 13.7. The molecule has 0 bridgehead atoms. The van der Waals surface area contributed by atoms with Crippen LogP contribution in [-0.2, 0) is 25.7 Å². The average molecular weight is 543 g/mol. The van der Waals surface area contributed by atoms with Gasteiger partial charge in [-0.25, -0.2) is 9.59 Å². The largest absolute Gasteiger partial charge is 0.480 e. The summed E-state index contributed by atoms with van der Waals surface area (Å²) in [5, 5.41) is 15.2. The van der Waals surface area contributed by atoms with Gasteiger partial charge in [0.1, 0.15) is 6.61 Å². The van der Waals surface area contributed by atoms with Crippen LogP contribution in [0, 0.1) is 5.92 Å². The van der Waals surface area contributed by atoms with Crippen LogP contribution in [0.5, 0.6) is 0 Å². The lowest BCUT2D eigenvalue weighted by Crippen LogP contribution is -2.50. The Bertz CT molecular complexity index is 1310. The highest BCUT2D eigenvalue weighted by atomic mass is 16.5. The fourth-order valence-corrected chi connectivity index (χ4v) is 5.71. The molecular formula is C32H34N2O6. The number of hydrogen-bond acceptors (Lipinski definition) is 5. The van der Waals surface area contributed by atoms with Gasteiger partial charge >= 0.3 is 12.1 Å². The summed E-state index contributed by atoms with van der Waals surface area (Å²) in [5.74, 6) is -1.93. The molecule has 0 aromatic heterocycles. The number of hydrogen-bond donors (Lipinski definition) is 3. The molecule has 3 N–H and O–H groups in total. The zero-order valence-electron chi connectivity index (χ0n) is 22.4. The predicted octanol–water partition coefficient (Wildman–Crippen LogP) is 4.87. The third-order valence-corrected chi connectivity index (χ3v) is 7.86. The summed E-state index contributed by atoms with van der Waals surface area (Å²) in [6.45, 7) is 2.10. The second-order valence-electron chi connectivity index (χ2n) is 10.5. The highest BCUT2D eigenvalue weighted by Gasteiger charge is 2.35. The Kier molecular flexibility index (Phi) is 8.45. The summed E-state index contributed by atoms with van der Waals surface area (Å²) >= 11 is 0. The number of fused-ring (bicyclic) bond motifs is 3. The fraction of sp³-hybridized carbons (Fsp3) is 0.344. The van der Waals surface area contributed by atoms with Gasteiger partial charge in [-0.2, -0.15) is 0 Å². The number of carbonyl (C=O) groups excluding carboxylic acids is 2. The summed E-state index contributed by atoms with van der Waals surface area (Å²) in [6, 6.07) is 24.4. The number of carbonyl (C=O) groups is 3.